The number of thioether (sulfide) groups is 2. The Morgan fingerprint density at radius 3 is 2.61 bits per heavy atom. The molecule has 0 aliphatic heterocycles. The Hall–Kier alpha value is -0.320. The molecule has 1 aromatic rings. The number of nitrogens with zero attached hydrogens (tertiary/aromatic N) is 1. The lowest BCUT2D eigenvalue weighted by Crippen LogP contribution is -2.30. The van der Waals surface area contributed by atoms with Crippen molar-refractivity contribution < 1.29 is 0 Å². The molecule has 2 nitrogen and oxygen atoms in total. The van der Waals surface area contributed by atoms with Gasteiger partial charge < -0.3 is 10.6 Å². The molecule has 0 radical (unpaired) electrons. The second kappa shape index (κ2) is 7.97. The van der Waals surface area contributed by atoms with E-state index in [9.17, 15) is 0 Å². The van der Waals surface area contributed by atoms with Gasteiger partial charge in [0.05, 0.1) is 0 Å². The third-order valence-electron chi connectivity index (χ3n) is 3.31. The highest BCUT2D eigenvalue weighted by molar-refractivity contribution is 7.98. The average Bonchev–Trinajstić information content (AvgIpc) is 2.42. The van der Waals surface area contributed by atoms with Crippen LogP contribution in [-0.4, -0.2) is 31.4 Å². The average molecular weight is 284 g/mol. The summed E-state index contributed by atoms with van der Waals surface area (Å²) in [6, 6.07) is 6.99. The maximum absolute atomic E-state index is 5.92. The Labute approximate surface area is 120 Å². The van der Waals surface area contributed by atoms with Gasteiger partial charge >= 0.3 is 0 Å². The van der Waals surface area contributed by atoms with Crippen molar-refractivity contribution in [1.29, 1.82) is 0 Å². The molecular formula is C14H24N2S2. The number of benzene rings is 1. The molecule has 0 spiro atoms. The molecule has 0 aliphatic carbocycles. The standard InChI is InChI=1S/C14H24N2S2/c1-11(8-9-17-3)16(2)13-6-5-7-14(18-4)12(13)10-15/h5-7,11H,8-10,15H2,1-4H3. The fraction of sp³-hybridized carbons (Fsp3) is 0.571. The Balaban J connectivity index is 2.93. The molecule has 0 heterocycles. The lowest BCUT2D eigenvalue weighted by Gasteiger charge is -2.29. The maximum atomic E-state index is 5.92. The zero-order valence-corrected chi connectivity index (χ0v) is 13.4. The van der Waals surface area contributed by atoms with Gasteiger partial charge in [0.2, 0.25) is 0 Å². The first-order chi connectivity index (χ1) is 8.65. The molecule has 0 aliphatic rings. The fourth-order valence-corrected chi connectivity index (χ4v) is 3.23. The number of hydrogen-bond acceptors (Lipinski definition) is 4. The van der Waals surface area contributed by atoms with Crippen molar-refractivity contribution in [3.05, 3.63) is 23.8 Å². The number of anilines is 1. The van der Waals surface area contributed by atoms with E-state index in [1.165, 1.54) is 28.3 Å². The maximum Gasteiger partial charge on any atom is 0.0422 e. The van der Waals surface area contributed by atoms with Crippen molar-refractivity contribution in [3.8, 4) is 0 Å². The molecule has 2 N–H and O–H groups in total. The lowest BCUT2D eigenvalue weighted by molar-refractivity contribution is 0.665. The summed E-state index contributed by atoms with van der Waals surface area (Å²) in [5, 5.41) is 0. The molecule has 1 rings (SSSR count). The Bertz CT molecular complexity index is 369. The summed E-state index contributed by atoms with van der Waals surface area (Å²) >= 11 is 3.68. The molecular weight excluding hydrogens is 260 g/mol. The van der Waals surface area contributed by atoms with Crippen molar-refractivity contribution in [2.24, 2.45) is 5.73 Å². The molecule has 102 valence electrons. The normalized spacial score (nSPS) is 12.5. The highest BCUT2D eigenvalue weighted by atomic mass is 32.2. The summed E-state index contributed by atoms with van der Waals surface area (Å²) in [5.74, 6) is 1.20. The predicted molar refractivity (Wildman–Crippen MR) is 87.0 cm³/mol. The molecule has 1 unspecified atom stereocenters. The van der Waals surface area contributed by atoms with Crippen molar-refractivity contribution in [1.82, 2.24) is 0 Å². The van der Waals surface area contributed by atoms with Crippen LogP contribution in [0.25, 0.3) is 0 Å². The van der Waals surface area contributed by atoms with E-state index < -0.39 is 0 Å². The van der Waals surface area contributed by atoms with E-state index in [0.29, 0.717) is 12.6 Å². The van der Waals surface area contributed by atoms with Gasteiger partial charge in [-0.05, 0) is 43.7 Å². The van der Waals surface area contributed by atoms with Gasteiger partial charge in [0.15, 0.2) is 0 Å². The van der Waals surface area contributed by atoms with Crippen LogP contribution in [0.4, 0.5) is 5.69 Å². The van der Waals surface area contributed by atoms with Crippen LogP contribution in [0.1, 0.15) is 18.9 Å². The second-order valence-corrected chi connectivity index (χ2v) is 6.24. The third kappa shape index (κ3) is 3.84. The van der Waals surface area contributed by atoms with E-state index in [0.717, 1.165) is 0 Å². The molecule has 0 aromatic heterocycles. The van der Waals surface area contributed by atoms with Gasteiger partial charge in [0, 0.05) is 35.8 Å². The summed E-state index contributed by atoms with van der Waals surface area (Å²) < 4.78 is 0. The summed E-state index contributed by atoms with van der Waals surface area (Å²) in [6.07, 6.45) is 5.47. The molecule has 0 saturated heterocycles. The number of nitrogens with two attached hydrogens (primary N) is 1. The van der Waals surface area contributed by atoms with E-state index in [2.05, 4.69) is 49.6 Å². The van der Waals surface area contributed by atoms with E-state index >= 15 is 0 Å². The van der Waals surface area contributed by atoms with E-state index in [1.807, 2.05) is 11.8 Å². The van der Waals surface area contributed by atoms with Crippen LogP contribution in [0, 0.1) is 0 Å². The summed E-state index contributed by atoms with van der Waals surface area (Å²) in [7, 11) is 2.17. The van der Waals surface area contributed by atoms with Crippen molar-refractivity contribution in [2.75, 3.05) is 30.2 Å². The van der Waals surface area contributed by atoms with E-state index in [4.69, 9.17) is 5.73 Å². The highest BCUT2D eigenvalue weighted by Gasteiger charge is 2.14. The lowest BCUT2D eigenvalue weighted by atomic mass is 10.1. The van der Waals surface area contributed by atoms with Gasteiger partial charge in [0.1, 0.15) is 0 Å². The topological polar surface area (TPSA) is 29.3 Å². The smallest absolute Gasteiger partial charge is 0.0422 e. The molecule has 4 heteroatoms. The van der Waals surface area contributed by atoms with Crippen LogP contribution in [-0.2, 0) is 6.54 Å². The predicted octanol–water partition coefficient (Wildman–Crippen LogP) is 3.45. The minimum absolute atomic E-state index is 0.542. The van der Waals surface area contributed by atoms with Crippen LogP contribution in [0.2, 0.25) is 0 Å². The monoisotopic (exact) mass is 284 g/mol. The van der Waals surface area contributed by atoms with Gasteiger partial charge in [-0.25, -0.2) is 0 Å². The van der Waals surface area contributed by atoms with Crippen LogP contribution < -0.4 is 10.6 Å². The second-order valence-electron chi connectivity index (χ2n) is 4.40. The molecule has 18 heavy (non-hydrogen) atoms. The third-order valence-corrected chi connectivity index (χ3v) is 4.78. The minimum atomic E-state index is 0.542. The molecule has 0 fully saturated rings. The van der Waals surface area contributed by atoms with Crippen molar-refractivity contribution in [2.45, 2.75) is 30.8 Å². The first-order valence-corrected chi connectivity index (χ1v) is 8.85. The van der Waals surface area contributed by atoms with E-state index in [-0.39, 0.29) is 0 Å². The Kier molecular flexibility index (Phi) is 6.97. The zero-order chi connectivity index (χ0) is 13.5. The summed E-state index contributed by atoms with van der Waals surface area (Å²) in [4.78, 5) is 3.65. The largest absolute Gasteiger partial charge is 0.372 e. The first kappa shape index (κ1) is 15.7. The van der Waals surface area contributed by atoms with E-state index in [1.54, 1.807) is 11.8 Å². The van der Waals surface area contributed by atoms with Crippen LogP contribution in [0.3, 0.4) is 0 Å². The molecule has 0 bridgehead atoms. The zero-order valence-electron chi connectivity index (χ0n) is 11.8. The quantitative estimate of drug-likeness (QED) is 0.777. The summed E-state index contributed by atoms with van der Waals surface area (Å²) in [6.45, 7) is 2.88. The Morgan fingerprint density at radius 1 is 1.33 bits per heavy atom. The SMILES string of the molecule is CSCCC(C)N(C)c1cccc(SC)c1CN. The van der Waals surface area contributed by atoms with Gasteiger partial charge in [-0.3, -0.25) is 0 Å². The number of hydrogen-bond donors (Lipinski definition) is 1. The molecule has 0 saturated carbocycles. The van der Waals surface area contributed by atoms with Gasteiger partial charge in [0.25, 0.3) is 0 Å². The first-order valence-electron chi connectivity index (χ1n) is 6.23. The van der Waals surface area contributed by atoms with Crippen molar-refractivity contribution >= 4 is 29.2 Å². The molecule has 1 aromatic carbocycles. The van der Waals surface area contributed by atoms with Crippen molar-refractivity contribution in [3.63, 3.8) is 0 Å². The fourth-order valence-electron chi connectivity index (χ4n) is 2.00. The number of rotatable bonds is 7. The molecule has 1 atom stereocenters. The van der Waals surface area contributed by atoms with Gasteiger partial charge in [-0.2, -0.15) is 11.8 Å². The molecule has 0 amide bonds. The van der Waals surface area contributed by atoms with Crippen LogP contribution >= 0.6 is 23.5 Å². The van der Waals surface area contributed by atoms with Gasteiger partial charge in [-0.15, -0.1) is 11.8 Å². The van der Waals surface area contributed by atoms with Gasteiger partial charge in [-0.1, -0.05) is 6.07 Å². The minimum Gasteiger partial charge on any atom is -0.372 e. The highest BCUT2D eigenvalue weighted by Crippen LogP contribution is 2.30. The Morgan fingerprint density at radius 2 is 2.06 bits per heavy atom. The summed E-state index contributed by atoms with van der Waals surface area (Å²) in [5.41, 5.74) is 8.46. The van der Waals surface area contributed by atoms with Crippen LogP contribution in [0.15, 0.2) is 23.1 Å². The van der Waals surface area contributed by atoms with Crippen LogP contribution in [0.5, 0.6) is 0 Å².